The molecule has 12 nitrogen and oxygen atoms in total. The SMILES string of the molecule is CN(C)CCOCCOCCOCCOCCOCCOCCOCCOCCOCCOCCO. The Morgan fingerprint density at radius 2 is 0.528 bits per heavy atom. The van der Waals surface area contributed by atoms with E-state index in [0.717, 1.165) is 13.2 Å². The first-order chi connectivity index (χ1) is 17.8. The van der Waals surface area contributed by atoms with E-state index in [-0.39, 0.29) is 6.61 Å². The molecule has 0 saturated heterocycles. The van der Waals surface area contributed by atoms with Crippen molar-refractivity contribution in [2.24, 2.45) is 0 Å². The summed E-state index contributed by atoms with van der Waals surface area (Å²) in [6.07, 6.45) is 0. The number of likely N-dealkylation sites (N-methyl/N-ethyl adjacent to an activating group) is 1. The zero-order valence-electron chi connectivity index (χ0n) is 22.5. The molecule has 0 aromatic rings. The van der Waals surface area contributed by atoms with E-state index in [1.165, 1.54) is 0 Å². The van der Waals surface area contributed by atoms with Crippen LogP contribution in [0.4, 0.5) is 0 Å². The lowest BCUT2D eigenvalue weighted by atomic mass is 10.6. The zero-order valence-corrected chi connectivity index (χ0v) is 22.5. The Balaban J connectivity index is 3.01. The van der Waals surface area contributed by atoms with E-state index in [1.807, 2.05) is 14.1 Å². The molecule has 0 saturated carbocycles. The van der Waals surface area contributed by atoms with Gasteiger partial charge in [-0.1, -0.05) is 0 Å². The fourth-order valence-corrected chi connectivity index (χ4v) is 2.39. The van der Waals surface area contributed by atoms with Gasteiger partial charge in [0.2, 0.25) is 0 Å². The number of nitrogens with zero attached hydrogens (tertiary/aromatic N) is 1. The second-order valence-electron chi connectivity index (χ2n) is 7.65. The maximum absolute atomic E-state index is 8.55. The van der Waals surface area contributed by atoms with Gasteiger partial charge >= 0.3 is 0 Å². The molecule has 0 radical (unpaired) electrons. The molecule has 12 heteroatoms. The molecule has 0 heterocycles. The topological polar surface area (TPSA) is 116 Å². The summed E-state index contributed by atoms with van der Waals surface area (Å²) in [7, 11) is 4.04. The first kappa shape index (κ1) is 35.5. The monoisotopic (exact) mass is 529 g/mol. The number of rotatable bonds is 32. The van der Waals surface area contributed by atoms with Crippen molar-refractivity contribution in [3.05, 3.63) is 0 Å². The van der Waals surface area contributed by atoms with Crippen LogP contribution in [0.25, 0.3) is 0 Å². The molecular weight excluding hydrogens is 478 g/mol. The quantitative estimate of drug-likeness (QED) is 0.115. The summed E-state index contributed by atoms with van der Waals surface area (Å²) >= 11 is 0. The fraction of sp³-hybridized carbons (Fsp3) is 1.00. The van der Waals surface area contributed by atoms with Crippen molar-refractivity contribution in [2.75, 3.05) is 159 Å². The Labute approximate surface area is 217 Å². The summed E-state index contributed by atoms with van der Waals surface area (Å²) in [6.45, 7) is 11.5. The standard InChI is InChI=1S/C24H51NO11/c1-25(2)3-5-27-7-9-29-11-13-31-15-17-33-19-21-35-23-24-36-22-20-34-18-16-32-14-12-30-10-8-28-6-4-26/h26H,3-24H2,1-2H3. The first-order valence-corrected chi connectivity index (χ1v) is 12.8. The maximum Gasteiger partial charge on any atom is 0.0701 e. The van der Waals surface area contributed by atoms with Gasteiger partial charge in [-0.05, 0) is 14.1 Å². The van der Waals surface area contributed by atoms with E-state index in [9.17, 15) is 0 Å². The molecule has 0 fully saturated rings. The van der Waals surface area contributed by atoms with Crippen molar-refractivity contribution in [1.29, 1.82) is 0 Å². The molecule has 36 heavy (non-hydrogen) atoms. The zero-order chi connectivity index (χ0) is 26.2. The van der Waals surface area contributed by atoms with Crippen LogP contribution < -0.4 is 0 Å². The molecule has 1 N–H and O–H groups in total. The predicted molar refractivity (Wildman–Crippen MR) is 134 cm³/mol. The molecule has 0 bridgehead atoms. The predicted octanol–water partition coefficient (Wildman–Crippen LogP) is -0.294. The Kier molecular flexibility index (Phi) is 32.1. The Morgan fingerprint density at radius 1 is 0.333 bits per heavy atom. The molecule has 0 aliphatic carbocycles. The summed E-state index contributed by atoms with van der Waals surface area (Å²) in [6, 6.07) is 0. The number of hydrogen-bond donors (Lipinski definition) is 1. The van der Waals surface area contributed by atoms with E-state index in [4.69, 9.17) is 52.5 Å². The Morgan fingerprint density at radius 3 is 0.722 bits per heavy atom. The van der Waals surface area contributed by atoms with Crippen molar-refractivity contribution in [3.8, 4) is 0 Å². The van der Waals surface area contributed by atoms with E-state index < -0.39 is 0 Å². The highest BCUT2D eigenvalue weighted by Gasteiger charge is 1.96. The van der Waals surface area contributed by atoms with Crippen LogP contribution in [-0.4, -0.2) is 169 Å². The highest BCUT2D eigenvalue weighted by Crippen LogP contribution is 1.86. The van der Waals surface area contributed by atoms with Crippen LogP contribution in [0.2, 0.25) is 0 Å². The normalized spacial score (nSPS) is 11.7. The largest absolute Gasteiger partial charge is 0.394 e. The van der Waals surface area contributed by atoms with Crippen LogP contribution >= 0.6 is 0 Å². The van der Waals surface area contributed by atoms with Crippen molar-refractivity contribution < 1.29 is 52.5 Å². The van der Waals surface area contributed by atoms with Crippen LogP contribution in [0.1, 0.15) is 0 Å². The van der Waals surface area contributed by atoms with Crippen molar-refractivity contribution in [2.45, 2.75) is 0 Å². The lowest BCUT2D eigenvalue weighted by Gasteiger charge is -2.10. The van der Waals surface area contributed by atoms with Gasteiger partial charge in [0, 0.05) is 6.54 Å². The van der Waals surface area contributed by atoms with Crippen LogP contribution in [0.15, 0.2) is 0 Å². The number of aliphatic hydroxyl groups is 1. The lowest BCUT2D eigenvalue weighted by Crippen LogP contribution is -2.19. The third-order valence-corrected chi connectivity index (χ3v) is 4.27. The number of hydrogen-bond acceptors (Lipinski definition) is 12. The molecular formula is C24H51NO11. The fourth-order valence-electron chi connectivity index (χ4n) is 2.39. The second-order valence-corrected chi connectivity index (χ2v) is 7.65. The van der Waals surface area contributed by atoms with Gasteiger partial charge in [-0.3, -0.25) is 0 Å². The summed E-state index contributed by atoms with van der Waals surface area (Å²) in [4.78, 5) is 2.08. The minimum absolute atomic E-state index is 0.0293. The highest BCUT2D eigenvalue weighted by atomic mass is 16.6. The van der Waals surface area contributed by atoms with Crippen LogP contribution in [0.3, 0.4) is 0 Å². The van der Waals surface area contributed by atoms with Gasteiger partial charge in [-0.25, -0.2) is 0 Å². The Bertz CT molecular complexity index is 395. The summed E-state index contributed by atoms with van der Waals surface area (Å²) in [5, 5.41) is 8.55. The highest BCUT2D eigenvalue weighted by molar-refractivity contribution is 4.41. The van der Waals surface area contributed by atoms with E-state index in [2.05, 4.69) is 4.90 Å². The number of aliphatic hydroxyl groups excluding tert-OH is 1. The van der Waals surface area contributed by atoms with Gasteiger partial charge in [0.1, 0.15) is 0 Å². The molecule has 0 aliphatic heterocycles. The molecule has 0 aromatic carbocycles. The first-order valence-electron chi connectivity index (χ1n) is 12.8. The van der Waals surface area contributed by atoms with Gasteiger partial charge < -0.3 is 57.4 Å². The third-order valence-electron chi connectivity index (χ3n) is 4.27. The molecule has 0 spiro atoms. The lowest BCUT2D eigenvalue weighted by molar-refractivity contribution is -0.0269. The molecule has 0 rings (SSSR count). The van der Waals surface area contributed by atoms with Gasteiger partial charge in [0.25, 0.3) is 0 Å². The van der Waals surface area contributed by atoms with Crippen molar-refractivity contribution in [1.82, 2.24) is 4.90 Å². The Hall–Kier alpha value is -0.480. The van der Waals surface area contributed by atoms with Gasteiger partial charge in [-0.2, -0.15) is 0 Å². The number of ether oxygens (including phenoxy) is 10. The van der Waals surface area contributed by atoms with Gasteiger partial charge in [0.15, 0.2) is 0 Å². The maximum atomic E-state index is 8.55. The molecule has 0 aromatic heterocycles. The average Bonchev–Trinajstić information content (AvgIpc) is 2.87. The molecule has 218 valence electrons. The molecule has 0 unspecified atom stereocenters. The third kappa shape index (κ3) is 33.5. The van der Waals surface area contributed by atoms with Crippen molar-refractivity contribution >= 4 is 0 Å². The smallest absolute Gasteiger partial charge is 0.0701 e. The molecule has 0 amide bonds. The van der Waals surface area contributed by atoms with Crippen LogP contribution in [0, 0.1) is 0 Å². The van der Waals surface area contributed by atoms with Gasteiger partial charge in [0.05, 0.1) is 139 Å². The minimum atomic E-state index is 0.0293. The van der Waals surface area contributed by atoms with Crippen LogP contribution in [-0.2, 0) is 47.4 Å². The second kappa shape index (κ2) is 32.5. The summed E-state index contributed by atoms with van der Waals surface area (Å²) < 4.78 is 53.8. The van der Waals surface area contributed by atoms with E-state index in [1.54, 1.807) is 0 Å². The van der Waals surface area contributed by atoms with Gasteiger partial charge in [-0.15, -0.1) is 0 Å². The van der Waals surface area contributed by atoms with Crippen molar-refractivity contribution in [3.63, 3.8) is 0 Å². The van der Waals surface area contributed by atoms with E-state index in [0.29, 0.717) is 126 Å². The van der Waals surface area contributed by atoms with Crippen LogP contribution in [0.5, 0.6) is 0 Å². The van der Waals surface area contributed by atoms with E-state index >= 15 is 0 Å². The average molecular weight is 530 g/mol. The minimum Gasteiger partial charge on any atom is -0.394 e. The molecule has 0 atom stereocenters. The summed E-state index contributed by atoms with van der Waals surface area (Å²) in [5.41, 5.74) is 0. The summed E-state index contributed by atoms with van der Waals surface area (Å²) in [5.74, 6) is 0. The molecule has 0 aliphatic rings.